The van der Waals surface area contributed by atoms with Crippen molar-refractivity contribution >= 4 is 11.3 Å². The number of ether oxygens (including phenoxy) is 2. The monoisotopic (exact) mass is 173 g/mol. The average molecular weight is 173 g/mol. The Morgan fingerprint density at radius 1 is 1.45 bits per heavy atom. The molecule has 62 valence electrons. The molecule has 1 heterocycles. The number of hydrogen-bond donors (Lipinski definition) is 0. The van der Waals surface area contributed by atoms with Crippen LogP contribution in [0.5, 0.6) is 0 Å². The summed E-state index contributed by atoms with van der Waals surface area (Å²) in [5.74, 6) is 0. The molecule has 0 aliphatic heterocycles. The first-order valence-corrected chi connectivity index (χ1v) is 4.13. The molecule has 0 unspecified atom stereocenters. The van der Waals surface area contributed by atoms with Crippen LogP contribution in [0.4, 0.5) is 0 Å². The summed E-state index contributed by atoms with van der Waals surface area (Å²) in [5, 5.41) is 2.96. The highest BCUT2D eigenvalue weighted by molar-refractivity contribution is 7.09. The Kier molecular flexibility index (Phi) is 2.99. The summed E-state index contributed by atoms with van der Waals surface area (Å²) >= 11 is 1.59. The van der Waals surface area contributed by atoms with Gasteiger partial charge >= 0.3 is 0 Å². The van der Waals surface area contributed by atoms with E-state index in [-0.39, 0.29) is 6.29 Å². The van der Waals surface area contributed by atoms with Crippen molar-refractivity contribution in [1.82, 2.24) is 4.98 Å². The number of aromatic nitrogens is 1. The van der Waals surface area contributed by atoms with Gasteiger partial charge in [0, 0.05) is 19.6 Å². The van der Waals surface area contributed by atoms with Gasteiger partial charge < -0.3 is 9.47 Å². The van der Waals surface area contributed by atoms with Gasteiger partial charge in [-0.3, -0.25) is 0 Å². The summed E-state index contributed by atoms with van der Waals surface area (Å²) in [4.78, 5) is 4.22. The van der Waals surface area contributed by atoms with Gasteiger partial charge in [-0.25, -0.2) is 4.98 Å². The number of rotatable bonds is 3. The van der Waals surface area contributed by atoms with Crippen LogP contribution in [-0.2, 0) is 9.47 Å². The van der Waals surface area contributed by atoms with Crippen molar-refractivity contribution in [2.75, 3.05) is 14.2 Å². The minimum Gasteiger partial charge on any atom is -0.350 e. The highest BCUT2D eigenvalue weighted by atomic mass is 32.1. The predicted molar refractivity (Wildman–Crippen MR) is 43.6 cm³/mol. The maximum absolute atomic E-state index is 5.02. The Labute approximate surface area is 70.0 Å². The molecule has 4 heteroatoms. The van der Waals surface area contributed by atoms with Crippen LogP contribution in [0.3, 0.4) is 0 Å². The molecule has 0 amide bonds. The van der Waals surface area contributed by atoms with E-state index < -0.39 is 0 Å². The van der Waals surface area contributed by atoms with Crippen molar-refractivity contribution in [3.05, 3.63) is 16.1 Å². The molecule has 0 aliphatic rings. The lowest BCUT2D eigenvalue weighted by Crippen LogP contribution is -2.03. The molecule has 0 aromatic carbocycles. The van der Waals surface area contributed by atoms with E-state index in [0.29, 0.717) is 0 Å². The molecule has 0 fully saturated rings. The molecule has 0 N–H and O–H groups in total. The zero-order valence-corrected chi connectivity index (χ0v) is 7.64. The van der Waals surface area contributed by atoms with Gasteiger partial charge in [0.2, 0.25) is 6.29 Å². The molecular formula is C7H11NO2S. The van der Waals surface area contributed by atoms with Crippen LogP contribution < -0.4 is 0 Å². The molecule has 0 saturated heterocycles. The summed E-state index contributed by atoms with van der Waals surface area (Å²) in [7, 11) is 3.20. The molecule has 1 rings (SSSR count). The van der Waals surface area contributed by atoms with Crippen LogP contribution in [0.1, 0.15) is 17.0 Å². The molecule has 11 heavy (non-hydrogen) atoms. The lowest BCUT2D eigenvalue weighted by Gasteiger charge is -2.09. The zero-order valence-electron chi connectivity index (χ0n) is 6.83. The third-order valence-electron chi connectivity index (χ3n) is 1.31. The van der Waals surface area contributed by atoms with Crippen LogP contribution >= 0.6 is 11.3 Å². The Morgan fingerprint density at radius 2 is 2.09 bits per heavy atom. The van der Waals surface area contributed by atoms with Crippen molar-refractivity contribution in [3.63, 3.8) is 0 Å². The van der Waals surface area contributed by atoms with Gasteiger partial charge in [0.1, 0.15) is 5.69 Å². The second-order valence-corrected chi connectivity index (χ2v) is 3.16. The maximum Gasteiger partial charge on any atom is 0.201 e. The minimum absolute atomic E-state index is 0.319. The summed E-state index contributed by atoms with van der Waals surface area (Å²) < 4.78 is 10.0. The number of nitrogens with zero attached hydrogens (tertiary/aromatic N) is 1. The van der Waals surface area contributed by atoms with E-state index in [1.807, 2.05) is 12.3 Å². The summed E-state index contributed by atoms with van der Waals surface area (Å²) in [6, 6.07) is 0. The van der Waals surface area contributed by atoms with E-state index in [1.165, 1.54) is 0 Å². The Bertz CT molecular complexity index is 220. The first-order chi connectivity index (χ1) is 5.27. The van der Waals surface area contributed by atoms with Crippen LogP contribution in [0.25, 0.3) is 0 Å². The third-order valence-corrected chi connectivity index (χ3v) is 2.10. The molecule has 0 radical (unpaired) electrons. The molecule has 0 bridgehead atoms. The molecule has 0 saturated carbocycles. The smallest absolute Gasteiger partial charge is 0.201 e. The van der Waals surface area contributed by atoms with Crippen LogP contribution in [0.2, 0.25) is 0 Å². The lowest BCUT2D eigenvalue weighted by atomic mass is 10.5. The highest BCUT2D eigenvalue weighted by Crippen LogP contribution is 2.18. The molecule has 1 aromatic rings. The maximum atomic E-state index is 5.02. The van der Waals surface area contributed by atoms with Gasteiger partial charge in [0.05, 0.1) is 5.01 Å². The largest absolute Gasteiger partial charge is 0.350 e. The fourth-order valence-electron chi connectivity index (χ4n) is 0.826. The molecule has 0 spiro atoms. The second kappa shape index (κ2) is 3.80. The van der Waals surface area contributed by atoms with E-state index in [1.54, 1.807) is 25.6 Å². The van der Waals surface area contributed by atoms with Crippen LogP contribution in [0, 0.1) is 6.92 Å². The van der Waals surface area contributed by atoms with Crippen molar-refractivity contribution in [3.8, 4) is 0 Å². The standard InChI is InChI=1S/C7H11NO2S/c1-5-8-6(4-11-5)7(9-2)10-3/h4,7H,1-3H3. The first kappa shape index (κ1) is 8.64. The Balaban J connectivity index is 2.73. The molecule has 0 atom stereocenters. The first-order valence-electron chi connectivity index (χ1n) is 3.25. The van der Waals surface area contributed by atoms with Gasteiger partial charge in [0.25, 0.3) is 0 Å². The van der Waals surface area contributed by atoms with Gasteiger partial charge in [-0.05, 0) is 6.92 Å². The fraction of sp³-hybridized carbons (Fsp3) is 0.571. The van der Waals surface area contributed by atoms with Crippen molar-refractivity contribution in [1.29, 1.82) is 0 Å². The van der Waals surface area contributed by atoms with Crippen LogP contribution in [-0.4, -0.2) is 19.2 Å². The number of hydrogen-bond acceptors (Lipinski definition) is 4. The number of methoxy groups -OCH3 is 2. The fourth-order valence-corrected chi connectivity index (χ4v) is 1.44. The van der Waals surface area contributed by atoms with E-state index in [2.05, 4.69) is 4.98 Å². The molecular weight excluding hydrogens is 162 g/mol. The average Bonchev–Trinajstić information content (AvgIpc) is 2.39. The highest BCUT2D eigenvalue weighted by Gasteiger charge is 2.11. The van der Waals surface area contributed by atoms with E-state index >= 15 is 0 Å². The molecule has 0 aliphatic carbocycles. The summed E-state index contributed by atoms with van der Waals surface area (Å²) in [6.45, 7) is 1.95. The van der Waals surface area contributed by atoms with Gasteiger partial charge in [-0.2, -0.15) is 0 Å². The number of aryl methyl sites for hydroxylation is 1. The van der Waals surface area contributed by atoms with E-state index in [4.69, 9.17) is 9.47 Å². The van der Waals surface area contributed by atoms with Crippen molar-refractivity contribution < 1.29 is 9.47 Å². The summed E-state index contributed by atoms with van der Waals surface area (Å²) in [6.07, 6.45) is -0.319. The normalized spacial score (nSPS) is 10.9. The molecule has 3 nitrogen and oxygen atoms in total. The SMILES string of the molecule is COC(OC)c1csc(C)n1. The van der Waals surface area contributed by atoms with Gasteiger partial charge in [0.15, 0.2) is 0 Å². The van der Waals surface area contributed by atoms with Crippen molar-refractivity contribution in [2.24, 2.45) is 0 Å². The minimum atomic E-state index is -0.319. The summed E-state index contributed by atoms with van der Waals surface area (Å²) in [5.41, 5.74) is 0.845. The van der Waals surface area contributed by atoms with Crippen LogP contribution in [0.15, 0.2) is 5.38 Å². The lowest BCUT2D eigenvalue weighted by molar-refractivity contribution is -0.108. The van der Waals surface area contributed by atoms with E-state index in [0.717, 1.165) is 10.7 Å². The topological polar surface area (TPSA) is 31.4 Å². The Hall–Kier alpha value is -0.450. The molecule has 1 aromatic heterocycles. The van der Waals surface area contributed by atoms with Gasteiger partial charge in [-0.15, -0.1) is 11.3 Å². The third kappa shape index (κ3) is 1.99. The zero-order chi connectivity index (χ0) is 8.27. The van der Waals surface area contributed by atoms with E-state index in [9.17, 15) is 0 Å². The van der Waals surface area contributed by atoms with Gasteiger partial charge in [-0.1, -0.05) is 0 Å². The number of thiazole rings is 1. The Morgan fingerprint density at radius 3 is 2.45 bits per heavy atom. The predicted octanol–water partition coefficient (Wildman–Crippen LogP) is 1.74. The quantitative estimate of drug-likeness (QED) is 0.652. The van der Waals surface area contributed by atoms with Crippen molar-refractivity contribution in [2.45, 2.75) is 13.2 Å². The second-order valence-electron chi connectivity index (χ2n) is 2.09.